The molecule has 4 heteroatoms. The van der Waals surface area contributed by atoms with Crippen LogP contribution < -0.4 is 0 Å². The lowest BCUT2D eigenvalue weighted by atomic mass is 9.95. The Morgan fingerprint density at radius 3 is 2.02 bits per heavy atom. The Morgan fingerprint density at radius 2 is 1.30 bits per heavy atom. The molecule has 0 radical (unpaired) electrons. The number of rotatable bonds is 6. The van der Waals surface area contributed by atoms with E-state index in [1.807, 2.05) is 18.3 Å². The third-order valence-electron chi connectivity index (χ3n) is 7.98. The molecule has 0 amide bonds. The van der Waals surface area contributed by atoms with Crippen LogP contribution in [0.1, 0.15) is 11.3 Å². The van der Waals surface area contributed by atoms with Gasteiger partial charge in [0, 0.05) is 50.5 Å². The first-order chi connectivity index (χ1) is 21.3. The van der Waals surface area contributed by atoms with Crippen LogP contribution >= 0.6 is 11.3 Å². The van der Waals surface area contributed by atoms with Crippen molar-refractivity contribution in [3.05, 3.63) is 162 Å². The molecule has 0 fully saturated rings. The Hall–Kier alpha value is -5.32. The highest BCUT2D eigenvalue weighted by molar-refractivity contribution is 7.17. The predicted molar refractivity (Wildman–Crippen MR) is 180 cm³/mol. The largest absolute Gasteiger partial charge is 0.291 e. The maximum absolute atomic E-state index is 5.32. The van der Waals surface area contributed by atoms with E-state index in [-0.39, 0.29) is 0 Å². The number of fused-ring (bicyclic) bond motifs is 2. The van der Waals surface area contributed by atoms with Crippen molar-refractivity contribution in [3.63, 3.8) is 0 Å². The van der Waals surface area contributed by atoms with Gasteiger partial charge in [0.25, 0.3) is 0 Å². The van der Waals surface area contributed by atoms with Gasteiger partial charge in [0.1, 0.15) is 5.82 Å². The second kappa shape index (κ2) is 10.8. The summed E-state index contributed by atoms with van der Waals surface area (Å²) in [5.41, 5.74) is 11.3. The maximum atomic E-state index is 5.32. The highest BCUT2D eigenvalue weighted by Crippen LogP contribution is 2.42. The Bertz CT molecular complexity index is 2140. The molecule has 0 bridgehead atoms. The van der Waals surface area contributed by atoms with Crippen molar-refractivity contribution < 1.29 is 0 Å². The predicted octanol–water partition coefficient (Wildman–Crippen LogP) is 10.2. The summed E-state index contributed by atoms with van der Waals surface area (Å²) in [7, 11) is 0. The van der Waals surface area contributed by atoms with E-state index >= 15 is 0 Å². The fourth-order valence-corrected chi connectivity index (χ4v) is 6.91. The summed E-state index contributed by atoms with van der Waals surface area (Å²) >= 11 is 1.77. The molecule has 3 nitrogen and oxygen atoms in total. The fourth-order valence-electron chi connectivity index (χ4n) is 5.99. The summed E-state index contributed by atoms with van der Waals surface area (Å²) in [6.07, 6.45) is 2.65. The third kappa shape index (κ3) is 4.62. The summed E-state index contributed by atoms with van der Waals surface area (Å²) in [5.74, 6) is 0.947. The minimum Gasteiger partial charge on any atom is -0.291 e. The number of benzene rings is 5. The SMILES string of the molecule is c1ccc(-c2cccc(-c3ccccc3)c2-n2c(-c3csc4ccc(Cc5ccccn5)cc34)nc3ccccc32)cc1. The normalized spacial score (nSPS) is 11.3. The van der Waals surface area contributed by atoms with Crippen molar-refractivity contribution in [2.75, 3.05) is 0 Å². The van der Waals surface area contributed by atoms with E-state index in [0.29, 0.717) is 0 Å². The first kappa shape index (κ1) is 25.4. The van der Waals surface area contributed by atoms with Gasteiger partial charge in [0.15, 0.2) is 0 Å². The van der Waals surface area contributed by atoms with Crippen LogP contribution in [-0.2, 0) is 6.42 Å². The number of pyridine rings is 1. The van der Waals surface area contributed by atoms with Crippen LogP contribution in [0, 0.1) is 0 Å². The highest BCUT2D eigenvalue weighted by atomic mass is 32.1. The first-order valence-corrected chi connectivity index (χ1v) is 15.3. The Morgan fingerprint density at radius 1 is 0.605 bits per heavy atom. The minimum absolute atomic E-state index is 0.789. The van der Waals surface area contributed by atoms with Crippen molar-refractivity contribution in [1.82, 2.24) is 14.5 Å². The van der Waals surface area contributed by atoms with Crippen molar-refractivity contribution in [1.29, 1.82) is 0 Å². The highest BCUT2D eigenvalue weighted by Gasteiger charge is 2.23. The number of imidazole rings is 1. The lowest BCUT2D eigenvalue weighted by molar-refractivity contribution is 1.08. The Kier molecular flexibility index (Phi) is 6.39. The third-order valence-corrected chi connectivity index (χ3v) is 8.94. The van der Waals surface area contributed by atoms with Gasteiger partial charge in [-0.2, -0.15) is 0 Å². The minimum atomic E-state index is 0.789. The number of nitrogens with zero attached hydrogens (tertiary/aromatic N) is 3. The smallest absolute Gasteiger partial charge is 0.147 e. The molecule has 8 rings (SSSR count). The average Bonchev–Trinajstić information content (AvgIpc) is 3.67. The van der Waals surface area contributed by atoms with Crippen LogP contribution in [-0.4, -0.2) is 14.5 Å². The van der Waals surface area contributed by atoms with E-state index in [2.05, 4.69) is 142 Å². The van der Waals surface area contributed by atoms with E-state index < -0.39 is 0 Å². The van der Waals surface area contributed by atoms with Crippen LogP contribution in [0.4, 0.5) is 0 Å². The molecule has 0 unspecified atom stereocenters. The molecular formula is C39H27N3S. The zero-order valence-corrected chi connectivity index (χ0v) is 24.2. The van der Waals surface area contributed by atoms with Crippen molar-refractivity contribution in [2.24, 2.45) is 0 Å². The molecule has 3 heterocycles. The van der Waals surface area contributed by atoms with Crippen molar-refractivity contribution in [2.45, 2.75) is 6.42 Å². The number of para-hydroxylation sites is 3. The van der Waals surface area contributed by atoms with Crippen LogP contribution in [0.2, 0.25) is 0 Å². The summed E-state index contributed by atoms with van der Waals surface area (Å²) in [5, 5.41) is 3.48. The first-order valence-electron chi connectivity index (χ1n) is 14.5. The number of hydrogen-bond donors (Lipinski definition) is 0. The molecule has 0 aliphatic heterocycles. The molecule has 43 heavy (non-hydrogen) atoms. The molecule has 0 N–H and O–H groups in total. The van der Waals surface area contributed by atoms with E-state index in [1.165, 1.54) is 37.9 Å². The van der Waals surface area contributed by atoms with Crippen LogP contribution in [0.15, 0.2) is 151 Å². The fraction of sp³-hybridized carbons (Fsp3) is 0.0256. The van der Waals surface area contributed by atoms with Gasteiger partial charge in [-0.25, -0.2) is 4.98 Å². The molecule has 0 spiro atoms. The van der Waals surface area contributed by atoms with Gasteiger partial charge in [0.05, 0.1) is 16.7 Å². The molecule has 3 aromatic heterocycles. The number of aromatic nitrogens is 3. The molecule has 0 atom stereocenters. The molecule has 204 valence electrons. The molecule has 0 saturated carbocycles. The van der Waals surface area contributed by atoms with Crippen LogP contribution in [0.5, 0.6) is 0 Å². The van der Waals surface area contributed by atoms with Gasteiger partial charge >= 0.3 is 0 Å². The molecule has 0 aliphatic carbocycles. The molecule has 0 saturated heterocycles. The van der Waals surface area contributed by atoms with Gasteiger partial charge in [-0.1, -0.05) is 103 Å². The van der Waals surface area contributed by atoms with E-state index in [9.17, 15) is 0 Å². The summed E-state index contributed by atoms with van der Waals surface area (Å²) < 4.78 is 3.63. The van der Waals surface area contributed by atoms with Gasteiger partial charge in [-0.3, -0.25) is 9.55 Å². The van der Waals surface area contributed by atoms with E-state index in [4.69, 9.17) is 4.98 Å². The Labute approximate surface area is 254 Å². The second-order valence-corrected chi connectivity index (χ2v) is 11.6. The van der Waals surface area contributed by atoms with Gasteiger partial charge in [-0.05, 0) is 53.1 Å². The quantitative estimate of drug-likeness (QED) is 0.199. The standard InChI is InChI=1S/C39H27N3S/c1-3-12-28(13-4-1)31-17-11-18-32(29-14-5-2-6-15-29)38(31)42-36-20-8-7-19-35(36)41-39(42)34-26-43-37-22-21-27(25-33(34)37)24-30-16-9-10-23-40-30/h1-23,25-26H,24H2. The molecule has 0 aliphatic rings. The summed E-state index contributed by atoms with van der Waals surface area (Å²) in [4.78, 5) is 9.89. The molecule has 5 aromatic carbocycles. The number of hydrogen-bond acceptors (Lipinski definition) is 3. The number of thiophene rings is 1. The van der Waals surface area contributed by atoms with Gasteiger partial charge in [-0.15, -0.1) is 11.3 Å². The van der Waals surface area contributed by atoms with E-state index in [1.54, 1.807) is 11.3 Å². The maximum Gasteiger partial charge on any atom is 0.147 e. The monoisotopic (exact) mass is 569 g/mol. The van der Waals surface area contributed by atoms with E-state index in [0.717, 1.165) is 40.2 Å². The van der Waals surface area contributed by atoms with Gasteiger partial charge < -0.3 is 0 Å². The summed E-state index contributed by atoms with van der Waals surface area (Å²) in [6, 6.07) is 49.3. The Balaban J connectivity index is 1.41. The molecular weight excluding hydrogens is 543 g/mol. The van der Waals surface area contributed by atoms with Crippen molar-refractivity contribution >= 4 is 32.5 Å². The average molecular weight is 570 g/mol. The van der Waals surface area contributed by atoms with Crippen LogP contribution in [0.3, 0.4) is 0 Å². The lowest BCUT2D eigenvalue weighted by Crippen LogP contribution is -2.03. The zero-order chi connectivity index (χ0) is 28.6. The van der Waals surface area contributed by atoms with Gasteiger partial charge in [0.2, 0.25) is 0 Å². The van der Waals surface area contributed by atoms with Crippen LogP contribution in [0.25, 0.3) is 60.4 Å². The van der Waals surface area contributed by atoms with Crippen molar-refractivity contribution in [3.8, 4) is 39.3 Å². The summed E-state index contributed by atoms with van der Waals surface area (Å²) in [6.45, 7) is 0. The second-order valence-electron chi connectivity index (χ2n) is 10.7. The topological polar surface area (TPSA) is 30.7 Å². The molecule has 8 aromatic rings. The zero-order valence-electron chi connectivity index (χ0n) is 23.4. The lowest BCUT2D eigenvalue weighted by Gasteiger charge is -2.19.